The summed E-state index contributed by atoms with van der Waals surface area (Å²) in [6.45, 7) is 2.69. The van der Waals surface area contributed by atoms with Crippen LogP contribution in [0.5, 0.6) is 0 Å². The minimum Gasteiger partial charge on any atom is -0.507 e. The fraction of sp³-hybridized carbons (Fsp3) is 0.308. The van der Waals surface area contributed by atoms with Gasteiger partial charge in [0.05, 0.1) is 6.61 Å². The van der Waals surface area contributed by atoms with Gasteiger partial charge in [0.15, 0.2) is 5.05 Å². The van der Waals surface area contributed by atoms with Crippen molar-refractivity contribution in [2.75, 3.05) is 6.61 Å². The maximum atomic E-state index is 9.74. The molecule has 1 N–H and O–H groups in total. The zero-order valence-electron chi connectivity index (χ0n) is 9.35. The molecule has 0 aromatic heterocycles. The first-order valence-corrected chi connectivity index (χ1v) is 5.77. The normalized spacial score (nSPS) is 11.2. The Balaban J connectivity index is 2.53. The summed E-state index contributed by atoms with van der Waals surface area (Å²) in [5.41, 5.74) is 0.740. The van der Waals surface area contributed by atoms with Gasteiger partial charge in [-0.05, 0) is 18.6 Å². The molecule has 0 saturated heterocycles. The van der Waals surface area contributed by atoms with Crippen molar-refractivity contribution < 1.29 is 9.84 Å². The molecule has 1 aromatic rings. The van der Waals surface area contributed by atoms with Gasteiger partial charge in [-0.25, -0.2) is 0 Å². The highest BCUT2D eigenvalue weighted by Crippen LogP contribution is 2.10. The first kappa shape index (κ1) is 12.7. The van der Waals surface area contributed by atoms with Gasteiger partial charge in [0.25, 0.3) is 0 Å². The van der Waals surface area contributed by atoms with Crippen molar-refractivity contribution in [3.8, 4) is 0 Å². The molecule has 0 aliphatic heterocycles. The molecule has 0 aliphatic rings. The summed E-state index contributed by atoms with van der Waals surface area (Å²) >= 11 is 4.98. The highest BCUT2D eigenvalue weighted by atomic mass is 32.1. The molecule has 2 nitrogen and oxygen atoms in total. The molecule has 0 fully saturated rings. The maximum Gasteiger partial charge on any atom is 0.187 e. The van der Waals surface area contributed by atoms with E-state index in [0.717, 1.165) is 18.4 Å². The standard InChI is InChI=1S/C13H16O2S/c1-2-3-9-15-13(16)10-12(14)11-7-5-4-6-8-11/h4-8,10,14H,2-3,9H2,1H3/b12-10-. The van der Waals surface area contributed by atoms with E-state index in [9.17, 15) is 5.11 Å². The summed E-state index contributed by atoms with van der Waals surface area (Å²) < 4.78 is 5.27. The van der Waals surface area contributed by atoms with Gasteiger partial charge < -0.3 is 9.84 Å². The molecule has 86 valence electrons. The Labute approximate surface area is 102 Å². The van der Waals surface area contributed by atoms with E-state index < -0.39 is 0 Å². The molecule has 0 heterocycles. The summed E-state index contributed by atoms with van der Waals surface area (Å²) in [5.74, 6) is 0.141. The second-order valence-corrected chi connectivity index (χ2v) is 3.82. The van der Waals surface area contributed by atoms with Crippen LogP contribution in [-0.4, -0.2) is 16.8 Å². The molecular weight excluding hydrogens is 220 g/mol. The van der Waals surface area contributed by atoms with Gasteiger partial charge in [-0.1, -0.05) is 43.7 Å². The third-order valence-corrected chi connectivity index (χ3v) is 2.30. The predicted octanol–water partition coefficient (Wildman–Crippen LogP) is 3.73. The lowest BCUT2D eigenvalue weighted by Gasteiger charge is -2.04. The number of aliphatic hydroxyl groups excluding tert-OH is 1. The molecule has 0 bridgehead atoms. The van der Waals surface area contributed by atoms with E-state index in [0.29, 0.717) is 11.7 Å². The van der Waals surface area contributed by atoms with Crippen LogP contribution in [0.2, 0.25) is 0 Å². The van der Waals surface area contributed by atoms with Gasteiger partial charge in [-0.15, -0.1) is 0 Å². The first-order valence-electron chi connectivity index (χ1n) is 5.37. The number of hydrogen-bond donors (Lipinski definition) is 1. The van der Waals surface area contributed by atoms with Crippen LogP contribution < -0.4 is 0 Å². The van der Waals surface area contributed by atoms with Crippen LogP contribution in [0.3, 0.4) is 0 Å². The molecule has 16 heavy (non-hydrogen) atoms. The Morgan fingerprint density at radius 2 is 2.06 bits per heavy atom. The van der Waals surface area contributed by atoms with Crippen molar-refractivity contribution in [3.63, 3.8) is 0 Å². The van der Waals surface area contributed by atoms with Crippen molar-refractivity contribution in [3.05, 3.63) is 42.0 Å². The molecule has 0 aliphatic carbocycles. The van der Waals surface area contributed by atoms with E-state index in [-0.39, 0.29) is 5.76 Å². The number of ether oxygens (including phenoxy) is 1. The summed E-state index contributed by atoms with van der Waals surface area (Å²) in [7, 11) is 0. The van der Waals surface area contributed by atoms with Crippen molar-refractivity contribution in [1.82, 2.24) is 0 Å². The number of aliphatic hydroxyl groups is 1. The second kappa shape index (κ2) is 7.01. The fourth-order valence-corrected chi connectivity index (χ4v) is 1.36. The maximum absolute atomic E-state index is 9.74. The summed E-state index contributed by atoms with van der Waals surface area (Å²) in [4.78, 5) is 0. The monoisotopic (exact) mass is 236 g/mol. The molecule has 0 spiro atoms. The third-order valence-electron chi connectivity index (χ3n) is 2.07. The van der Waals surface area contributed by atoms with Gasteiger partial charge in [0, 0.05) is 11.6 Å². The zero-order valence-corrected chi connectivity index (χ0v) is 10.2. The Kier molecular flexibility index (Phi) is 5.57. The molecule has 0 saturated carbocycles. The minimum absolute atomic E-state index is 0.141. The molecule has 0 radical (unpaired) electrons. The number of benzene rings is 1. The number of thiocarbonyl (C=S) groups is 1. The topological polar surface area (TPSA) is 29.5 Å². The van der Waals surface area contributed by atoms with Crippen molar-refractivity contribution in [2.45, 2.75) is 19.8 Å². The first-order chi connectivity index (χ1) is 7.74. The quantitative estimate of drug-likeness (QED) is 0.365. The van der Waals surface area contributed by atoms with Crippen LogP contribution in [0.1, 0.15) is 25.3 Å². The van der Waals surface area contributed by atoms with Gasteiger partial charge in [-0.2, -0.15) is 0 Å². The average molecular weight is 236 g/mol. The van der Waals surface area contributed by atoms with Gasteiger partial charge >= 0.3 is 0 Å². The molecular formula is C13H16O2S. The van der Waals surface area contributed by atoms with Crippen LogP contribution in [-0.2, 0) is 4.74 Å². The van der Waals surface area contributed by atoms with E-state index in [4.69, 9.17) is 17.0 Å². The van der Waals surface area contributed by atoms with Crippen LogP contribution >= 0.6 is 12.2 Å². The summed E-state index contributed by atoms with van der Waals surface area (Å²) in [6, 6.07) is 9.26. The Morgan fingerprint density at radius 3 is 2.69 bits per heavy atom. The molecule has 1 rings (SSSR count). The minimum atomic E-state index is 0.141. The number of rotatable bonds is 5. The fourth-order valence-electron chi connectivity index (χ4n) is 1.16. The van der Waals surface area contributed by atoms with Crippen molar-refractivity contribution >= 4 is 23.0 Å². The average Bonchev–Trinajstić information content (AvgIpc) is 2.30. The largest absolute Gasteiger partial charge is 0.507 e. The number of hydrogen-bond acceptors (Lipinski definition) is 3. The zero-order chi connectivity index (χ0) is 11.8. The molecule has 1 aromatic carbocycles. The lowest BCUT2D eigenvalue weighted by Crippen LogP contribution is -2.01. The van der Waals surface area contributed by atoms with Crippen LogP contribution in [0.4, 0.5) is 0 Å². The van der Waals surface area contributed by atoms with Gasteiger partial charge in [0.2, 0.25) is 0 Å². The summed E-state index contributed by atoms with van der Waals surface area (Å²) in [5, 5.41) is 10.1. The van der Waals surface area contributed by atoms with Crippen LogP contribution in [0.25, 0.3) is 5.76 Å². The molecule has 0 atom stereocenters. The molecule has 0 unspecified atom stereocenters. The van der Waals surface area contributed by atoms with E-state index >= 15 is 0 Å². The Hall–Kier alpha value is -1.35. The highest BCUT2D eigenvalue weighted by Gasteiger charge is 2.00. The lowest BCUT2D eigenvalue weighted by molar-refractivity contribution is 0.306. The third kappa shape index (κ3) is 4.45. The Bertz CT molecular complexity index is 357. The summed E-state index contributed by atoms with van der Waals surface area (Å²) in [6.07, 6.45) is 3.51. The number of unbranched alkanes of at least 4 members (excludes halogenated alkanes) is 1. The van der Waals surface area contributed by atoms with Crippen molar-refractivity contribution in [2.24, 2.45) is 0 Å². The molecule has 3 heteroatoms. The van der Waals surface area contributed by atoms with Gasteiger partial charge in [0.1, 0.15) is 5.76 Å². The lowest BCUT2D eigenvalue weighted by atomic mass is 10.2. The van der Waals surface area contributed by atoms with E-state index in [1.54, 1.807) is 0 Å². The van der Waals surface area contributed by atoms with E-state index in [1.165, 1.54) is 6.08 Å². The SMILES string of the molecule is CCCCOC(=S)/C=C(\O)c1ccccc1. The molecule has 0 amide bonds. The van der Waals surface area contributed by atoms with E-state index in [2.05, 4.69) is 6.92 Å². The van der Waals surface area contributed by atoms with Gasteiger partial charge in [-0.3, -0.25) is 0 Å². The van der Waals surface area contributed by atoms with Crippen molar-refractivity contribution in [1.29, 1.82) is 0 Å². The highest BCUT2D eigenvalue weighted by molar-refractivity contribution is 7.80. The van der Waals surface area contributed by atoms with Crippen LogP contribution in [0.15, 0.2) is 36.4 Å². The van der Waals surface area contributed by atoms with E-state index in [1.807, 2.05) is 30.3 Å². The second-order valence-electron chi connectivity index (χ2n) is 3.42. The predicted molar refractivity (Wildman–Crippen MR) is 70.5 cm³/mol. The van der Waals surface area contributed by atoms with Crippen LogP contribution in [0, 0.1) is 0 Å². The Morgan fingerprint density at radius 1 is 1.38 bits per heavy atom. The smallest absolute Gasteiger partial charge is 0.187 e.